The first-order valence-corrected chi connectivity index (χ1v) is 16.9. The van der Waals surface area contributed by atoms with E-state index in [1.54, 1.807) is 24.3 Å². The van der Waals surface area contributed by atoms with Crippen LogP contribution in [0.4, 0.5) is 0 Å². The van der Waals surface area contributed by atoms with Crippen LogP contribution in [0.3, 0.4) is 0 Å². The second-order valence-electron chi connectivity index (χ2n) is 11.3. The van der Waals surface area contributed by atoms with Crippen molar-refractivity contribution < 1.29 is 17.6 Å². The molecule has 1 heterocycles. The number of hydrogen-bond donors (Lipinski definition) is 0. The van der Waals surface area contributed by atoms with E-state index in [9.17, 15) is 8.42 Å². The Morgan fingerprint density at radius 2 is 1.38 bits per heavy atom. The molecule has 3 aromatic rings. The van der Waals surface area contributed by atoms with Gasteiger partial charge in [0, 0.05) is 0 Å². The van der Waals surface area contributed by atoms with E-state index in [4.69, 9.17) is 9.16 Å². The van der Waals surface area contributed by atoms with Crippen molar-refractivity contribution >= 4 is 28.5 Å². The number of hydrogen-bond acceptors (Lipinski definition) is 4. The maximum atomic E-state index is 13.0. The fourth-order valence-corrected chi connectivity index (χ4v) is 11.9. The normalized spacial score (nSPS) is 19.9. The van der Waals surface area contributed by atoms with E-state index in [1.807, 2.05) is 13.0 Å². The minimum Gasteiger partial charge on any atom is -0.405 e. The molecule has 1 aliphatic heterocycles. The SMILES string of the molecule is C[C@@H](CS(=O)(=O)c1ccccc1)[C@@H]1CCC[C@@H](CO[Si](c2ccccc2)(c2ccccc2)C(C)(C)C)O1. The van der Waals surface area contributed by atoms with Crippen molar-refractivity contribution in [2.45, 2.75) is 69.1 Å². The predicted molar refractivity (Wildman–Crippen MR) is 154 cm³/mol. The second-order valence-corrected chi connectivity index (χ2v) is 17.6. The Morgan fingerprint density at radius 1 is 0.865 bits per heavy atom. The van der Waals surface area contributed by atoms with Crippen LogP contribution < -0.4 is 10.4 Å². The van der Waals surface area contributed by atoms with Gasteiger partial charge in [-0.1, -0.05) is 107 Å². The molecule has 6 heteroatoms. The minimum absolute atomic E-state index is 0.0534. The molecule has 1 fully saturated rings. The third-order valence-electron chi connectivity index (χ3n) is 7.50. The van der Waals surface area contributed by atoms with Gasteiger partial charge < -0.3 is 9.16 Å². The van der Waals surface area contributed by atoms with Gasteiger partial charge in [-0.25, -0.2) is 8.42 Å². The Hall–Kier alpha value is -2.25. The van der Waals surface area contributed by atoms with Gasteiger partial charge in [-0.3, -0.25) is 0 Å². The van der Waals surface area contributed by atoms with Crippen LogP contribution in [0.15, 0.2) is 95.9 Å². The summed E-state index contributed by atoms with van der Waals surface area (Å²) in [5.74, 6) is -0.00915. The average Bonchev–Trinajstić information content (AvgIpc) is 2.90. The first-order chi connectivity index (χ1) is 17.6. The van der Waals surface area contributed by atoms with Gasteiger partial charge >= 0.3 is 0 Å². The highest BCUT2D eigenvalue weighted by Crippen LogP contribution is 2.37. The number of ether oxygens (including phenoxy) is 1. The van der Waals surface area contributed by atoms with Crippen LogP contribution in [0.5, 0.6) is 0 Å². The van der Waals surface area contributed by atoms with E-state index in [0.29, 0.717) is 11.5 Å². The first kappa shape index (κ1) is 27.8. The molecule has 37 heavy (non-hydrogen) atoms. The molecule has 4 nitrogen and oxygen atoms in total. The topological polar surface area (TPSA) is 52.6 Å². The lowest BCUT2D eigenvalue weighted by molar-refractivity contribution is -0.0863. The maximum absolute atomic E-state index is 13.0. The molecule has 0 aliphatic carbocycles. The van der Waals surface area contributed by atoms with Crippen molar-refractivity contribution in [1.29, 1.82) is 0 Å². The third kappa shape index (κ3) is 6.25. The van der Waals surface area contributed by atoms with Crippen molar-refractivity contribution in [3.05, 3.63) is 91.0 Å². The molecule has 0 N–H and O–H groups in total. The first-order valence-electron chi connectivity index (χ1n) is 13.3. The third-order valence-corrected chi connectivity index (χ3v) is 14.5. The van der Waals surface area contributed by atoms with Gasteiger partial charge in [-0.15, -0.1) is 0 Å². The molecule has 3 atom stereocenters. The summed E-state index contributed by atoms with van der Waals surface area (Å²) in [6.07, 6.45) is 2.66. The summed E-state index contributed by atoms with van der Waals surface area (Å²) in [6.45, 7) is 9.33. The molecule has 198 valence electrons. The summed E-state index contributed by atoms with van der Waals surface area (Å²) >= 11 is 0. The van der Waals surface area contributed by atoms with Crippen LogP contribution >= 0.6 is 0 Å². The molecule has 0 amide bonds. The molecule has 3 aromatic carbocycles. The maximum Gasteiger partial charge on any atom is 0.261 e. The van der Waals surface area contributed by atoms with Gasteiger partial charge in [0.2, 0.25) is 0 Å². The summed E-state index contributed by atoms with van der Waals surface area (Å²) in [6, 6.07) is 30.0. The van der Waals surface area contributed by atoms with E-state index in [2.05, 4.69) is 81.4 Å². The zero-order chi connectivity index (χ0) is 26.5. The van der Waals surface area contributed by atoms with E-state index in [1.165, 1.54) is 10.4 Å². The summed E-state index contributed by atoms with van der Waals surface area (Å²) in [4.78, 5) is 0.379. The van der Waals surface area contributed by atoms with Crippen molar-refractivity contribution in [3.8, 4) is 0 Å². The van der Waals surface area contributed by atoms with Gasteiger partial charge in [0.15, 0.2) is 9.84 Å². The van der Waals surface area contributed by atoms with E-state index in [-0.39, 0.29) is 28.9 Å². The Kier molecular flexibility index (Phi) is 8.74. The summed E-state index contributed by atoms with van der Waals surface area (Å²) in [5, 5.41) is 2.41. The Balaban J connectivity index is 1.52. The van der Waals surface area contributed by atoms with Gasteiger partial charge in [0.1, 0.15) is 0 Å². The number of benzene rings is 3. The fourth-order valence-electron chi connectivity index (χ4n) is 5.63. The van der Waals surface area contributed by atoms with Crippen molar-refractivity contribution in [1.82, 2.24) is 0 Å². The van der Waals surface area contributed by atoms with E-state index in [0.717, 1.165) is 19.3 Å². The Morgan fingerprint density at radius 3 is 1.89 bits per heavy atom. The number of sulfone groups is 1. The molecule has 4 rings (SSSR count). The molecule has 1 saturated heterocycles. The van der Waals surface area contributed by atoms with Gasteiger partial charge in [0.05, 0.1) is 29.5 Å². The molecule has 0 unspecified atom stereocenters. The van der Waals surface area contributed by atoms with Crippen LogP contribution in [0.1, 0.15) is 47.0 Å². The zero-order valence-corrected chi connectivity index (χ0v) is 24.3. The van der Waals surface area contributed by atoms with Crippen LogP contribution in [0.25, 0.3) is 0 Å². The van der Waals surface area contributed by atoms with Gasteiger partial charge in [-0.2, -0.15) is 0 Å². The standard InChI is InChI=1S/C31H40O4SSi/c1-25(24-36(32,33)27-16-8-5-9-17-27)30-22-14-15-26(35-30)23-34-37(31(2,3)4,28-18-10-6-11-19-28)29-20-12-7-13-21-29/h5-13,16-21,25-26,30H,14-15,22-24H2,1-4H3/t25-,26-,30-/m0/s1. The predicted octanol–water partition coefficient (Wildman–Crippen LogP) is 5.61. The fraction of sp³-hybridized carbons (Fsp3) is 0.419. The van der Waals surface area contributed by atoms with Crippen LogP contribution in [0.2, 0.25) is 5.04 Å². The average molecular weight is 537 g/mol. The van der Waals surface area contributed by atoms with Gasteiger partial charge in [-0.05, 0) is 52.7 Å². The molecule has 0 bridgehead atoms. The highest BCUT2D eigenvalue weighted by atomic mass is 32.2. The van der Waals surface area contributed by atoms with Crippen molar-refractivity contribution in [2.75, 3.05) is 12.4 Å². The van der Waals surface area contributed by atoms with E-state index < -0.39 is 18.2 Å². The smallest absolute Gasteiger partial charge is 0.261 e. The second kappa shape index (κ2) is 11.6. The van der Waals surface area contributed by atoms with E-state index >= 15 is 0 Å². The molecule has 1 aliphatic rings. The molecule has 0 saturated carbocycles. The Labute approximate surface area is 224 Å². The van der Waals surface area contributed by atoms with Gasteiger partial charge in [0.25, 0.3) is 8.32 Å². The van der Waals surface area contributed by atoms with Crippen LogP contribution in [-0.4, -0.2) is 41.3 Å². The lowest BCUT2D eigenvalue weighted by Crippen LogP contribution is -2.67. The lowest BCUT2D eigenvalue weighted by atomic mass is 9.96. The highest BCUT2D eigenvalue weighted by molar-refractivity contribution is 7.91. The summed E-state index contributed by atoms with van der Waals surface area (Å²) in [7, 11) is -6.00. The van der Waals surface area contributed by atoms with Crippen molar-refractivity contribution in [3.63, 3.8) is 0 Å². The molecule has 0 spiro atoms. The molecule has 0 radical (unpaired) electrons. The largest absolute Gasteiger partial charge is 0.405 e. The van der Waals surface area contributed by atoms with Crippen molar-refractivity contribution in [2.24, 2.45) is 5.92 Å². The summed E-state index contributed by atoms with van der Waals surface area (Å²) in [5.41, 5.74) is 0. The molecular weight excluding hydrogens is 496 g/mol. The number of rotatable bonds is 9. The zero-order valence-electron chi connectivity index (χ0n) is 22.5. The van der Waals surface area contributed by atoms with Crippen LogP contribution in [-0.2, 0) is 19.0 Å². The molecular formula is C31H40O4SSi. The minimum atomic E-state index is -3.36. The molecule has 0 aromatic heterocycles. The lowest BCUT2D eigenvalue weighted by Gasteiger charge is -2.44. The monoisotopic (exact) mass is 536 g/mol. The summed E-state index contributed by atoms with van der Waals surface area (Å²) < 4.78 is 39.6. The van der Waals surface area contributed by atoms with Crippen LogP contribution in [0, 0.1) is 5.92 Å². The Bertz CT molecular complexity index is 1180. The quantitative estimate of drug-likeness (QED) is 0.334. The highest BCUT2D eigenvalue weighted by Gasteiger charge is 2.50.